The largest absolute Gasteiger partial charge is 0.371 e. The standard InChI is InChI=1S/C16H19NO/c1-12-8-10-15(11-9-12)16(17,18)13(2)14-6-4-3-5-7-14/h3-11,13,18H,17H2,1-2H3. The molecule has 0 saturated carbocycles. The van der Waals surface area contributed by atoms with Crippen molar-refractivity contribution in [2.45, 2.75) is 25.5 Å². The molecule has 0 aromatic heterocycles. The maximum Gasteiger partial charge on any atom is 0.146 e. The minimum Gasteiger partial charge on any atom is -0.371 e. The Morgan fingerprint density at radius 1 is 1.00 bits per heavy atom. The average molecular weight is 241 g/mol. The number of aryl methyl sites for hydroxylation is 1. The van der Waals surface area contributed by atoms with Gasteiger partial charge >= 0.3 is 0 Å². The molecule has 2 unspecified atom stereocenters. The van der Waals surface area contributed by atoms with E-state index in [9.17, 15) is 5.11 Å². The Morgan fingerprint density at radius 3 is 2.11 bits per heavy atom. The van der Waals surface area contributed by atoms with Crippen molar-refractivity contribution in [2.24, 2.45) is 5.73 Å². The maximum atomic E-state index is 10.6. The lowest BCUT2D eigenvalue weighted by atomic mass is 9.85. The molecule has 2 rings (SSSR count). The minimum atomic E-state index is -1.35. The van der Waals surface area contributed by atoms with Gasteiger partial charge in [0, 0.05) is 5.92 Å². The van der Waals surface area contributed by atoms with Crippen LogP contribution >= 0.6 is 0 Å². The molecule has 0 aliphatic rings. The van der Waals surface area contributed by atoms with E-state index in [0.29, 0.717) is 0 Å². The van der Waals surface area contributed by atoms with Crippen molar-refractivity contribution < 1.29 is 5.11 Å². The summed E-state index contributed by atoms with van der Waals surface area (Å²) in [5.41, 5.74) is 7.69. The van der Waals surface area contributed by atoms with Gasteiger partial charge in [0.1, 0.15) is 5.72 Å². The molecule has 0 saturated heterocycles. The highest BCUT2D eigenvalue weighted by Gasteiger charge is 2.32. The molecule has 2 heteroatoms. The lowest BCUT2D eigenvalue weighted by molar-refractivity contribution is 0.0190. The molecule has 0 aliphatic carbocycles. The Kier molecular flexibility index (Phi) is 3.50. The number of hydrogen-bond acceptors (Lipinski definition) is 2. The zero-order chi connectivity index (χ0) is 13.2. The van der Waals surface area contributed by atoms with E-state index in [1.54, 1.807) is 0 Å². The van der Waals surface area contributed by atoms with E-state index < -0.39 is 5.72 Å². The van der Waals surface area contributed by atoms with E-state index in [4.69, 9.17) is 5.73 Å². The summed E-state index contributed by atoms with van der Waals surface area (Å²) >= 11 is 0. The van der Waals surface area contributed by atoms with Crippen LogP contribution in [0.4, 0.5) is 0 Å². The van der Waals surface area contributed by atoms with Gasteiger partial charge in [0.15, 0.2) is 0 Å². The van der Waals surface area contributed by atoms with E-state index in [1.165, 1.54) is 0 Å². The van der Waals surface area contributed by atoms with Gasteiger partial charge in [0.2, 0.25) is 0 Å². The van der Waals surface area contributed by atoms with Crippen molar-refractivity contribution in [3.63, 3.8) is 0 Å². The second-order valence-corrected chi connectivity index (χ2v) is 4.82. The molecule has 0 fully saturated rings. The van der Waals surface area contributed by atoms with E-state index >= 15 is 0 Å². The predicted molar refractivity (Wildman–Crippen MR) is 74.1 cm³/mol. The topological polar surface area (TPSA) is 46.2 Å². The molecular formula is C16H19NO. The first-order valence-electron chi connectivity index (χ1n) is 6.15. The van der Waals surface area contributed by atoms with Crippen LogP contribution in [0.3, 0.4) is 0 Å². The van der Waals surface area contributed by atoms with Crippen molar-refractivity contribution in [2.75, 3.05) is 0 Å². The van der Waals surface area contributed by atoms with Gasteiger partial charge in [-0.25, -0.2) is 0 Å². The number of rotatable bonds is 3. The number of nitrogens with two attached hydrogens (primary N) is 1. The molecule has 18 heavy (non-hydrogen) atoms. The van der Waals surface area contributed by atoms with Crippen LogP contribution in [0, 0.1) is 6.92 Å². The molecule has 2 aromatic rings. The maximum absolute atomic E-state index is 10.6. The van der Waals surface area contributed by atoms with Crippen LogP contribution in [0.1, 0.15) is 29.5 Å². The molecule has 2 nitrogen and oxygen atoms in total. The van der Waals surface area contributed by atoms with Crippen LogP contribution in [-0.4, -0.2) is 5.11 Å². The van der Waals surface area contributed by atoms with E-state index in [2.05, 4.69) is 0 Å². The van der Waals surface area contributed by atoms with Crippen LogP contribution in [0.5, 0.6) is 0 Å². The molecule has 94 valence electrons. The summed E-state index contributed by atoms with van der Waals surface area (Å²) in [7, 11) is 0. The fraction of sp³-hybridized carbons (Fsp3) is 0.250. The van der Waals surface area contributed by atoms with Crippen LogP contribution in [-0.2, 0) is 5.72 Å². The Hall–Kier alpha value is -1.64. The quantitative estimate of drug-likeness (QED) is 0.812. The molecular weight excluding hydrogens is 222 g/mol. The van der Waals surface area contributed by atoms with Gasteiger partial charge in [0.25, 0.3) is 0 Å². The fourth-order valence-corrected chi connectivity index (χ4v) is 2.07. The van der Waals surface area contributed by atoms with E-state index in [0.717, 1.165) is 16.7 Å². The van der Waals surface area contributed by atoms with Crippen LogP contribution in [0.2, 0.25) is 0 Å². The van der Waals surface area contributed by atoms with Gasteiger partial charge in [-0.15, -0.1) is 0 Å². The Morgan fingerprint density at radius 2 is 1.56 bits per heavy atom. The van der Waals surface area contributed by atoms with Crippen molar-refractivity contribution in [1.82, 2.24) is 0 Å². The number of aliphatic hydroxyl groups is 1. The molecule has 2 atom stereocenters. The van der Waals surface area contributed by atoms with Crippen LogP contribution in [0.15, 0.2) is 54.6 Å². The fourth-order valence-electron chi connectivity index (χ4n) is 2.07. The molecule has 0 radical (unpaired) electrons. The van der Waals surface area contributed by atoms with Crippen LogP contribution < -0.4 is 5.73 Å². The van der Waals surface area contributed by atoms with Crippen molar-refractivity contribution >= 4 is 0 Å². The third-order valence-electron chi connectivity index (χ3n) is 3.47. The van der Waals surface area contributed by atoms with Gasteiger partial charge in [0.05, 0.1) is 0 Å². The monoisotopic (exact) mass is 241 g/mol. The van der Waals surface area contributed by atoms with Gasteiger partial charge in [-0.2, -0.15) is 0 Å². The second kappa shape index (κ2) is 4.92. The molecule has 2 aromatic carbocycles. The number of benzene rings is 2. The van der Waals surface area contributed by atoms with Crippen molar-refractivity contribution in [3.8, 4) is 0 Å². The summed E-state index contributed by atoms with van der Waals surface area (Å²) in [6.07, 6.45) is 0. The lowest BCUT2D eigenvalue weighted by Gasteiger charge is -2.31. The molecule has 0 heterocycles. The first-order valence-corrected chi connectivity index (χ1v) is 6.15. The van der Waals surface area contributed by atoms with E-state index in [1.807, 2.05) is 68.4 Å². The van der Waals surface area contributed by atoms with Gasteiger partial charge in [-0.1, -0.05) is 67.1 Å². The average Bonchev–Trinajstić information content (AvgIpc) is 2.39. The summed E-state index contributed by atoms with van der Waals surface area (Å²) in [6, 6.07) is 17.5. The summed E-state index contributed by atoms with van der Waals surface area (Å²) < 4.78 is 0. The predicted octanol–water partition coefficient (Wildman–Crippen LogP) is 2.90. The Bertz CT molecular complexity index is 502. The molecule has 0 bridgehead atoms. The summed E-state index contributed by atoms with van der Waals surface area (Å²) in [5.74, 6) is -0.165. The highest BCUT2D eigenvalue weighted by atomic mass is 16.3. The summed E-state index contributed by atoms with van der Waals surface area (Å²) in [6.45, 7) is 3.95. The third kappa shape index (κ3) is 2.45. The second-order valence-electron chi connectivity index (χ2n) is 4.82. The first-order chi connectivity index (χ1) is 8.51. The van der Waals surface area contributed by atoms with Crippen LogP contribution in [0.25, 0.3) is 0 Å². The zero-order valence-electron chi connectivity index (χ0n) is 10.8. The Balaban J connectivity index is 2.33. The van der Waals surface area contributed by atoms with Gasteiger partial charge in [-0.3, -0.25) is 5.73 Å². The summed E-state index contributed by atoms with van der Waals surface area (Å²) in [5, 5.41) is 10.6. The van der Waals surface area contributed by atoms with E-state index in [-0.39, 0.29) is 5.92 Å². The van der Waals surface area contributed by atoms with Crippen molar-refractivity contribution in [1.29, 1.82) is 0 Å². The highest BCUT2D eigenvalue weighted by Crippen LogP contribution is 2.32. The first kappa shape index (κ1) is 12.8. The SMILES string of the molecule is Cc1ccc(C(N)(O)C(C)c2ccccc2)cc1. The number of hydrogen-bond donors (Lipinski definition) is 2. The zero-order valence-corrected chi connectivity index (χ0v) is 10.8. The van der Waals surface area contributed by atoms with Gasteiger partial charge < -0.3 is 5.11 Å². The highest BCUT2D eigenvalue weighted by molar-refractivity contribution is 5.31. The Labute approximate surface area is 108 Å². The molecule has 0 spiro atoms. The van der Waals surface area contributed by atoms with Crippen molar-refractivity contribution in [3.05, 3.63) is 71.3 Å². The smallest absolute Gasteiger partial charge is 0.146 e. The molecule has 0 aliphatic heterocycles. The third-order valence-corrected chi connectivity index (χ3v) is 3.47. The molecule has 0 amide bonds. The molecule has 3 N–H and O–H groups in total. The minimum absolute atomic E-state index is 0.165. The lowest BCUT2D eigenvalue weighted by Crippen LogP contribution is -2.41. The van der Waals surface area contributed by atoms with Gasteiger partial charge in [-0.05, 0) is 18.1 Å². The normalized spacial score (nSPS) is 16.0. The summed E-state index contributed by atoms with van der Waals surface area (Å²) in [4.78, 5) is 0.